The van der Waals surface area contributed by atoms with Crippen molar-refractivity contribution in [3.63, 3.8) is 0 Å². The number of sulfonamides is 1. The van der Waals surface area contributed by atoms with Gasteiger partial charge in [0.2, 0.25) is 21.3 Å². The van der Waals surface area contributed by atoms with E-state index in [-0.39, 0.29) is 53.5 Å². The second-order valence-electron chi connectivity index (χ2n) is 21.4. The van der Waals surface area contributed by atoms with Gasteiger partial charge in [-0.15, -0.1) is 0 Å². The highest BCUT2D eigenvalue weighted by Gasteiger charge is 2.50. The zero-order chi connectivity index (χ0) is 61.1. The molecule has 36 heteroatoms. The Hall–Kier alpha value is -5.41. The maximum Gasteiger partial charge on any atom is 0.488 e. The van der Waals surface area contributed by atoms with Crippen molar-refractivity contribution < 1.29 is 92.1 Å². The standard InChI is InChI=1S/C50H61N10O20P3S3/c51-47-40-48(55-26-54-47)60(27-56-40)49-46(43(62)36(76-49)25-75-81(64,65)79-82(66,67)80-83(68,69)84)78-50(63)53-17-16-52-38(61)12-2-1-3-15-57-85(70,71)30-13-14-31(37(24-30)86(72,73)74)39-34-22-28-8-4-18-58-20-6-10-32(41(28)58)44(34)77-45-33-11-7-21-59-19-5-9-29(42(33)59)23-35(39)45/h13-14,22-24,26-27,36,43,46,49,57,62H,1-12,15-21,25H2,(H8-,51,52,53,54,55,61,63,64,65,66,67,68,69,72,73,74,84)/p+1/t36-,43-,46-,49-/m1/s1. The maximum absolute atomic E-state index is 13.9. The fraction of sp³-hybridized carbons (Fsp3) is 0.480. The van der Waals surface area contributed by atoms with E-state index >= 15 is 0 Å². The second-order valence-corrected chi connectivity index (χ2v) is 30.4. The number of nitrogens with zero attached hydrogens (tertiary/aromatic N) is 6. The molecule has 6 aliphatic heterocycles. The van der Waals surface area contributed by atoms with Gasteiger partial charge in [0.1, 0.15) is 53.5 Å². The van der Waals surface area contributed by atoms with E-state index in [0.29, 0.717) is 47.1 Å². The molecule has 3 aromatic carbocycles. The second kappa shape index (κ2) is 24.5. The fourth-order valence-electron chi connectivity index (χ4n) is 12.1. The van der Waals surface area contributed by atoms with Crippen molar-refractivity contribution in [2.24, 2.45) is 0 Å². The monoisotopic (exact) mass is 1310 g/mol. The largest absolute Gasteiger partial charge is 0.488 e. The smallest absolute Gasteiger partial charge is 0.455 e. The number of benzene rings is 3. The van der Waals surface area contributed by atoms with Gasteiger partial charge in [-0.2, -0.15) is 12.7 Å². The molecule has 0 radical (unpaired) electrons. The molecule has 5 aromatic rings. The molecule has 0 spiro atoms. The third-order valence-electron chi connectivity index (χ3n) is 15.6. The SMILES string of the molecule is Nc1ncnc2c1ncn2[C@@H]1O[C@H](COP(=O)(O)OP(=O)(O)OP(O)(O)=S)[C@@H](O)[C@H]1OC(=O)NCCNC(=O)CCCCCNS(=O)(=O)c1ccc(C2=c3cc4c5c(c3Oc3c2cc2c6c3CCCN6CCC2)CCC[N+]=5CCC4)c(S(=O)(=O)O)c1. The molecular formula is C50H62N10O20P3S3+. The summed E-state index contributed by atoms with van der Waals surface area (Å²) in [6.45, 7) is -2.54. The molecule has 8 heterocycles. The number of aromatic nitrogens is 4. The average molecular weight is 1310 g/mol. The van der Waals surface area contributed by atoms with Crippen LogP contribution in [0.1, 0.15) is 91.0 Å². The highest BCUT2D eigenvalue weighted by Crippen LogP contribution is 2.66. The summed E-state index contributed by atoms with van der Waals surface area (Å²) in [4.78, 5) is 77.5. The molecule has 464 valence electrons. The molecular weight excluding hydrogens is 1250 g/mol. The van der Waals surface area contributed by atoms with Crippen LogP contribution in [0.2, 0.25) is 0 Å². The zero-order valence-electron chi connectivity index (χ0n) is 45.7. The number of aliphatic hydroxyl groups excluding tert-OH is 1. The fourth-order valence-corrected chi connectivity index (χ4v) is 17.8. The van der Waals surface area contributed by atoms with Gasteiger partial charge in [0.25, 0.3) is 10.1 Å². The summed E-state index contributed by atoms with van der Waals surface area (Å²) in [5.74, 6) is 0.883. The number of unbranched alkanes of at least 4 members (excludes halogenated alkanes) is 2. The number of phosphoric ester groups is 1. The summed E-state index contributed by atoms with van der Waals surface area (Å²) in [5, 5.41) is 18.2. The number of fused-ring (bicyclic) bond motifs is 5. The third-order valence-corrected chi connectivity index (χ3v) is 22.4. The Bertz CT molecular complexity index is 4090. The number of aliphatic hydroxyl groups is 1. The number of nitrogens with two attached hydrogens (primary N) is 1. The first-order valence-electron chi connectivity index (χ1n) is 27.6. The lowest BCUT2D eigenvalue weighted by atomic mass is 9.82. The van der Waals surface area contributed by atoms with Crippen molar-refractivity contribution in [3.8, 4) is 11.5 Å². The molecule has 0 bridgehead atoms. The molecule has 11 N–H and O–H groups in total. The van der Waals surface area contributed by atoms with Crippen LogP contribution < -0.4 is 45.9 Å². The molecule has 6 aliphatic rings. The number of nitrogen functional groups attached to an aromatic ring is 1. The number of phosphoric acid groups is 2. The number of nitrogens with one attached hydrogen (secondary N) is 3. The summed E-state index contributed by atoms with van der Waals surface area (Å²) < 4.78 is 127. The van der Waals surface area contributed by atoms with Crippen molar-refractivity contribution >= 4 is 94.6 Å². The summed E-state index contributed by atoms with van der Waals surface area (Å²) in [6, 6.07) is 7.98. The number of alkyl carbamates (subject to hydrolysis) is 1. The molecule has 2 amide bonds. The number of hydrogen-bond acceptors (Lipinski definition) is 21. The number of amides is 2. The van der Waals surface area contributed by atoms with Gasteiger partial charge in [0.15, 0.2) is 23.8 Å². The van der Waals surface area contributed by atoms with E-state index in [1.165, 1.54) is 34.1 Å². The molecule has 30 nitrogen and oxygen atoms in total. The number of carbonyl (C=O) groups is 2. The first-order valence-corrected chi connectivity index (χ1v) is 36.1. The Morgan fingerprint density at radius 2 is 1.57 bits per heavy atom. The highest BCUT2D eigenvalue weighted by atomic mass is 32.5. The molecule has 1 saturated heterocycles. The minimum atomic E-state index is -5.68. The third kappa shape index (κ3) is 13.2. The number of carbonyl (C=O) groups excluding carboxylic acids is 2. The maximum atomic E-state index is 13.9. The lowest BCUT2D eigenvalue weighted by Crippen LogP contribution is -2.45. The Balaban J connectivity index is 0.698. The van der Waals surface area contributed by atoms with Crippen LogP contribution in [0, 0.1) is 0 Å². The molecule has 2 unspecified atom stereocenters. The summed E-state index contributed by atoms with van der Waals surface area (Å²) in [6.07, 6.45) is 2.54. The number of rotatable bonds is 22. The molecule has 86 heavy (non-hydrogen) atoms. The number of imidazole rings is 1. The van der Waals surface area contributed by atoms with Crippen LogP contribution >= 0.6 is 22.4 Å². The first kappa shape index (κ1) is 62.2. The Morgan fingerprint density at radius 3 is 2.34 bits per heavy atom. The Morgan fingerprint density at radius 1 is 0.837 bits per heavy atom. The quantitative estimate of drug-likeness (QED) is 0.0199. The van der Waals surface area contributed by atoms with Crippen LogP contribution in [0.4, 0.5) is 16.3 Å². The van der Waals surface area contributed by atoms with Crippen LogP contribution in [0.3, 0.4) is 0 Å². The van der Waals surface area contributed by atoms with Crippen molar-refractivity contribution in [2.75, 3.05) is 63.1 Å². The van der Waals surface area contributed by atoms with Crippen LogP contribution in [0.25, 0.3) is 16.7 Å². The predicted octanol–water partition coefficient (Wildman–Crippen LogP) is 1.56. The molecule has 2 aromatic heterocycles. The Kier molecular flexibility index (Phi) is 17.7. The van der Waals surface area contributed by atoms with Gasteiger partial charge in [0, 0.05) is 90.7 Å². The van der Waals surface area contributed by atoms with Gasteiger partial charge >= 0.3 is 28.5 Å². The summed E-state index contributed by atoms with van der Waals surface area (Å²) in [7, 11) is -20.6. The highest BCUT2D eigenvalue weighted by molar-refractivity contribution is 8.08. The summed E-state index contributed by atoms with van der Waals surface area (Å²) >= 11 is 4.08. The van der Waals surface area contributed by atoms with Crippen LogP contribution in [-0.2, 0) is 94.2 Å². The van der Waals surface area contributed by atoms with Crippen LogP contribution in [0.5, 0.6) is 11.5 Å². The first-order chi connectivity index (χ1) is 40.8. The number of anilines is 2. The van der Waals surface area contributed by atoms with E-state index in [9.17, 15) is 64.8 Å². The van der Waals surface area contributed by atoms with E-state index in [0.717, 1.165) is 112 Å². The lowest BCUT2D eigenvalue weighted by molar-refractivity contribution is -0.121. The predicted molar refractivity (Wildman–Crippen MR) is 308 cm³/mol. The van der Waals surface area contributed by atoms with Gasteiger partial charge in [-0.1, -0.05) is 12.5 Å². The van der Waals surface area contributed by atoms with Crippen molar-refractivity contribution in [1.29, 1.82) is 0 Å². The Labute approximate surface area is 496 Å². The van der Waals surface area contributed by atoms with Crippen LogP contribution in [0.15, 0.2) is 52.8 Å². The zero-order valence-corrected chi connectivity index (χ0v) is 50.9. The molecule has 6 atom stereocenters. The van der Waals surface area contributed by atoms with E-state index in [4.69, 9.17) is 24.5 Å². The number of ether oxygens (including phenoxy) is 3. The van der Waals surface area contributed by atoms with Gasteiger partial charge in [-0.25, -0.2) is 50.9 Å². The molecule has 0 saturated carbocycles. The average Bonchev–Trinajstić information content (AvgIpc) is 0.915. The van der Waals surface area contributed by atoms with Gasteiger partial charge in [0.05, 0.1) is 23.4 Å². The minimum absolute atomic E-state index is 0.0228. The number of aryl methyl sites for hydroxylation is 2. The van der Waals surface area contributed by atoms with Crippen LogP contribution in [-0.4, -0.2) is 148 Å². The molecule has 11 rings (SSSR count). The van der Waals surface area contributed by atoms with E-state index < -0.39 is 90.5 Å². The van der Waals surface area contributed by atoms with E-state index in [2.05, 4.69) is 72.3 Å². The van der Waals surface area contributed by atoms with Gasteiger partial charge in [-0.3, -0.25) is 18.4 Å². The summed E-state index contributed by atoms with van der Waals surface area (Å²) in [5.41, 5.74) is 13.1. The van der Waals surface area contributed by atoms with E-state index in [1.807, 2.05) is 0 Å². The van der Waals surface area contributed by atoms with Crippen molar-refractivity contribution in [2.45, 2.75) is 111 Å². The number of hydrogen-bond donors (Lipinski definition) is 10. The molecule has 0 aliphatic carbocycles. The lowest BCUT2D eigenvalue weighted by Gasteiger charge is -2.39. The van der Waals surface area contributed by atoms with Crippen molar-refractivity contribution in [1.82, 2.24) is 39.5 Å². The van der Waals surface area contributed by atoms with Crippen molar-refractivity contribution in [3.05, 3.63) is 86.9 Å². The molecule has 1 fully saturated rings. The van der Waals surface area contributed by atoms with E-state index in [1.54, 1.807) is 0 Å². The van der Waals surface area contributed by atoms with Gasteiger partial charge < -0.3 is 60.2 Å². The minimum Gasteiger partial charge on any atom is -0.455 e. The normalized spacial score (nSPS) is 21.3. The van der Waals surface area contributed by atoms with Gasteiger partial charge in [-0.05, 0) is 93.0 Å². The topological polar surface area (TPSA) is 425 Å².